The maximum Gasteiger partial charge on any atom is 0.338 e. The number of aromatic nitrogens is 1. The zero-order valence-corrected chi connectivity index (χ0v) is 14.8. The number of carboxylic acids is 1. The van der Waals surface area contributed by atoms with Crippen molar-refractivity contribution in [3.63, 3.8) is 0 Å². The van der Waals surface area contributed by atoms with Crippen LogP contribution in [0.15, 0.2) is 36.7 Å². The molecule has 2 rings (SSSR count). The van der Waals surface area contributed by atoms with Crippen LogP contribution in [-0.4, -0.2) is 41.6 Å². The fraction of sp³-hybridized carbons (Fsp3) is 0.263. The van der Waals surface area contributed by atoms with Crippen LogP contribution in [0.4, 0.5) is 0 Å². The van der Waals surface area contributed by atoms with Crippen molar-refractivity contribution >= 4 is 17.8 Å². The van der Waals surface area contributed by atoms with E-state index in [0.29, 0.717) is 12.1 Å². The highest BCUT2D eigenvalue weighted by Crippen LogP contribution is 2.28. The molecular formula is C19H20N2O5. The van der Waals surface area contributed by atoms with Crippen molar-refractivity contribution in [3.8, 4) is 11.1 Å². The minimum atomic E-state index is -1.14. The zero-order chi connectivity index (χ0) is 19.3. The molecule has 0 aliphatic heterocycles. The molecule has 0 aliphatic carbocycles. The van der Waals surface area contributed by atoms with Crippen molar-refractivity contribution in [3.05, 3.63) is 53.3 Å². The van der Waals surface area contributed by atoms with Crippen molar-refractivity contribution < 1.29 is 24.2 Å². The third kappa shape index (κ3) is 4.24. The van der Waals surface area contributed by atoms with Gasteiger partial charge >= 0.3 is 11.9 Å². The number of methoxy groups -OCH3 is 1. The summed E-state index contributed by atoms with van der Waals surface area (Å²) in [5.41, 5.74) is 0.996. The second kappa shape index (κ2) is 8.24. The summed E-state index contributed by atoms with van der Waals surface area (Å²) in [6.07, 6.45) is 2.72. The molecule has 0 bridgehead atoms. The van der Waals surface area contributed by atoms with Gasteiger partial charge in [-0.15, -0.1) is 0 Å². The third-order valence-corrected chi connectivity index (χ3v) is 3.70. The van der Waals surface area contributed by atoms with E-state index in [1.807, 2.05) is 13.8 Å². The molecule has 0 aliphatic rings. The van der Waals surface area contributed by atoms with Gasteiger partial charge in [-0.25, -0.2) is 9.59 Å². The lowest BCUT2D eigenvalue weighted by Crippen LogP contribution is -2.27. The molecule has 1 amide bonds. The summed E-state index contributed by atoms with van der Waals surface area (Å²) >= 11 is 0. The second-order valence-electron chi connectivity index (χ2n) is 6.08. The highest BCUT2D eigenvalue weighted by molar-refractivity contribution is 6.05. The number of amides is 1. The van der Waals surface area contributed by atoms with E-state index in [1.54, 1.807) is 0 Å². The second-order valence-corrected chi connectivity index (χ2v) is 6.08. The van der Waals surface area contributed by atoms with Gasteiger partial charge in [0, 0.05) is 30.1 Å². The summed E-state index contributed by atoms with van der Waals surface area (Å²) in [6, 6.07) is 5.81. The number of nitrogens with one attached hydrogen (secondary N) is 1. The largest absolute Gasteiger partial charge is 0.478 e. The van der Waals surface area contributed by atoms with Crippen LogP contribution in [0.1, 0.15) is 44.9 Å². The van der Waals surface area contributed by atoms with Crippen LogP contribution in [0.3, 0.4) is 0 Å². The molecule has 0 unspecified atom stereocenters. The molecule has 1 aromatic heterocycles. The minimum absolute atomic E-state index is 0.00200. The third-order valence-electron chi connectivity index (χ3n) is 3.70. The van der Waals surface area contributed by atoms with Crippen molar-refractivity contribution in [1.82, 2.24) is 10.3 Å². The number of nitrogens with zero attached hydrogens (tertiary/aromatic N) is 1. The molecular weight excluding hydrogens is 336 g/mol. The van der Waals surface area contributed by atoms with Gasteiger partial charge in [0.25, 0.3) is 5.91 Å². The van der Waals surface area contributed by atoms with E-state index in [0.717, 1.165) is 0 Å². The fourth-order valence-electron chi connectivity index (χ4n) is 2.39. The minimum Gasteiger partial charge on any atom is -0.478 e. The summed E-state index contributed by atoms with van der Waals surface area (Å²) < 4.78 is 4.79. The predicted octanol–water partition coefficient (Wildman–Crippen LogP) is 2.62. The van der Waals surface area contributed by atoms with Crippen molar-refractivity contribution in [2.24, 2.45) is 5.92 Å². The zero-order valence-electron chi connectivity index (χ0n) is 14.8. The molecule has 0 saturated heterocycles. The Morgan fingerprint density at radius 1 is 1.15 bits per heavy atom. The van der Waals surface area contributed by atoms with E-state index in [-0.39, 0.29) is 34.1 Å². The summed E-state index contributed by atoms with van der Waals surface area (Å²) in [6.45, 7) is 4.44. The molecule has 7 nitrogen and oxygen atoms in total. The van der Waals surface area contributed by atoms with Crippen LogP contribution in [0, 0.1) is 5.92 Å². The van der Waals surface area contributed by atoms with Gasteiger partial charge in [-0.3, -0.25) is 9.78 Å². The molecule has 2 N–H and O–H groups in total. The average Bonchev–Trinajstić information content (AvgIpc) is 2.64. The van der Waals surface area contributed by atoms with Crippen LogP contribution in [0.5, 0.6) is 0 Å². The smallest absolute Gasteiger partial charge is 0.338 e. The first-order chi connectivity index (χ1) is 12.3. The number of hydrogen-bond donors (Lipinski definition) is 2. The maximum absolute atomic E-state index is 12.3. The lowest BCUT2D eigenvalue weighted by molar-refractivity contribution is 0.0600. The Morgan fingerprint density at radius 2 is 1.88 bits per heavy atom. The van der Waals surface area contributed by atoms with Gasteiger partial charge in [0.05, 0.1) is 18.2 Å². The van der Waals surface area contributed by atoms with Crippen LogP contribution in [0.2, 0.25) is 0 Å². The molecule has 0 fully saturated rings. The normalized spacial score (nSPS) is 10.5. The Labute approximate surface area is 151 Å². The molecule has 7 heteroatoms. The van der Waals surface area contributed by atoms with Crippen molar-refractivity contribution in [2.45, 2.75) is 13.8 Å². The predicted molar refractivity (Wildman–Crippen MR) is 95.1 cm³/mol. The monoisotopic (exact) mass is 356 g/mol. The number of carboxylic acid groups (broad SMARTS) is 1. The number of rotatable bonds is 6. The van der Waals surface area contributed by atoms with Gasteiger partial charge in [0.15, 0.2) is 0 Å². The Hall–Kier alpha value is -3.22. The van der Waals surface area contributed by atoms with Gasteiger partial charge in [0.2, 0.25) is 0 Å². The Balaban J connectivity index is 2.53. The topological polar surface area (TPSA) is 106 Å². The van der Waals surface area contributed by atoms with E-state index in [9.17, 15) is 19.5 Å². The Morgan fingerprint density at radius 3 is 2.50 bits per heavy atom. The molecule has 0 spiro atoms. The van der Waals surface area contributed by atoms with E-state index >= 15 is 0 Å². The number of hydrogen-bond acceptors (Lipinski definition) is 5. The maximum atomic E-state index is 12.3. The lowest BCUT2D eigenvalue weighted by atomic mass is 9.95. The summed E-state index contributed by atoms with van der Waals surface area (Å²) in [5.74, 6) is -1.84. The van der Waals surface area contributed by atoms with E-state index in [2.05, 4.69) is 10.3 Å². The highest BCUT2D eigenvalue weighted by atomic mass is 16.5. The van der Waals surface area contributed by atoms with Gasteiger partial charge in [-0.2, -0.15) is 0 Å². The standard InChI is InChI=1S/C19H20N2O5/c1-11(2)9-21-17(22)12-4-5-13(15(8-12)19(25)26-3)16-10-20-7-6-14(16)18(23)24/h4-8,10-11H,9H2,1-3H3,(H,21,22)(H,23,24). The quantitative estimate of drug-likeness (QED) is 0.771. The molecule has 26 heavy (non-hydrogen) atoms. The molecule has 0 radical (unpaired) electrons. The summed E-state index contributed by atoms with van der Waals surface area (Å²) in [5, 5.41) is 12.1. The lowest BCUT2D eigenvalue weighted by Gasteiger charge is -2.13. The molecule has 1 heterocycles. The number of carbonyl (C=O) groups is 3. The SMILES string of the molecule is COC(=O)c1cc(C(=O)NCC(C)C)ccc1-c1cnccc1C(=O)O. The number of aromatic carboxylic acids is 1. The van der Waals surface area contributed by atoms with Gasteiger partial charge in [-0.05, 0) is 29.7 Å². The van der Waals surface area contributed by atoms with Gasteiger partial charge in [-0.1, -0.05) is 19.9 Å². The highest BCUT2D eigenvalue weighted by Gasteiger charge is 2.20. The van der Waals surface area contributed by atoms with Gasteiger partial charge < -0.3 is 15.2 Å². The fourth-order valence-corrected chi connectivity index (χ4v) is 2.39. The molecule has 2 aromatic rings. The average molecular weight is 356 g/mol. The van der Waals surface area contributed by atoms with Crippen LogP contribution in [0.25, 0.3) is 11.1 Å². The number of benzene rings is 1. The number of pyridine rings is 1. The number of ether oxygens (including phenoxy) is 1. The van der Waals surface area contributed by atoms with Crippen molar-refractivity contribution in [2.75, 3.05) is 13.7 Å². The molecule has 0 saturated carbocycles. The van der Waals surface area contributed by atoms with Crippen LogP contribution < -0.4 is 5.32 Å². The number of esters is 1. The van der Waals surface area contributed by atoms with E-state index in [1.165, 1.54) is 43.8 Å². The van der Waals surface area contributed by atoms with Crippen LogP contribution >= 0.6 is 0 Å². The first-order valence-electron chi connectivity index (χ1n) is 8.03. The summed E-state index contributed by atoms with van der Waals surface area (Å²) in [7, 11) is 1.22. The first-order valence-corrected chi connectivity index (χ1v) is 8.03. The van der Waals surface area contributed by atoms with Crippen LogP contribution in [-0.2, 0) is 4.74 Å². The van der Waals surface area contributed by atoms with Crippen molar-refractivity contribution in [1.29, 1.82) is 0 Å². The Kier molecular flexibility index (Phi) is 6.06. The Bertz CT molecular complexity index is 846. The summed E-state index contributed by atoms with van der Waals surface area (Å²) in [4.78, 5) is 39.9. The molecule has 1 aromatic carbocycles. The van der Waals surface area contributed by atoms with E-state index in [4.69, 9.17) is 4.74 Å². The number of carbonyl (C=O) groups excluding carboxylic acids is 2. The molecule has 0 atom stereocenters. The van der Waals surface area contributed by atoms with E-state index < -0.39 is 11.9 Å². The molecule has 136 valence electrons. The first kappa shape index (κ1) is 19.1. The van der Waals surface area contributed by atoms with Gasteiger partial charge in [0.1, 0.15) is 0 Å².